The third kappa shape index (κ3) is 5.79. The molecule has 1 heterocycles. The standard InChI is InChI=1S/C23H27N3O3S/c1-2-29-20-10-6-5-9-19(20)21(27)25-23(30)24-18-13-11-17(12-14-18)22(28)26-15-7-3-4-8-16-26/h5-6,9-14H,2-4,7-8,15-16H2,1H3,(H2,24,25,27,30). The van der Waals surface area contributed by atoms with Crippen LogP contribution >= 0.6 is 12.2 Å². The van der Waals surface area contributed by atoms with Gasteiger partial charge in [0.1, 0.15) is 5.75 Å². The van der Waals surface area contributed by atoms with Crippen LogP contribution in [-0.4, -0.2) is 41.5 Å². The molecule has 2 aromatic rings. The largest absolute Gasteiger partial charge is 0.493 e. The molecule has 2 N–H and O–H groups in total. The smallest absolute Gasteiger partial charge is 0.261 e. The van der Waals surface area contributed by atoms with Gasteiger partial charge in [-0.05, 0) is 68.4 Å². The van der Waals surface area contributed by atoms with Crippen molar-refractivity contribution < 1.29 is 14.3 Å². The van der Waals surface area contributed by atoms with E-state index in [1.54, 1.807) is 42.5 Å². The van der Waals surface area contributed by atoms with Crippen molar-refractivity contribution in [1.82, 2.24) is 10.2 Å². The zero-order valence-electron chi connectivity index (χ0n) is 17.1. The van der Waals surface area contributed by atoms with Gasteiger partial charge in [0.05, 0.1) is 12.2 Å². The number of hydrogen-bond donors (Lipinski definition) is 2. The summed E-state index contributed by atoms with van der Waals surface area (Å²) in [6, 6.07) is 14.2. The van der Waals surface area contributed by atoms with Crippen LogP contribution in [0.2, 0.25) is 0 Å². The van der Waals surface area contributed by atoms with E-state index in [0.29, 0.717) is 29.2 Å². The molecule has 0 unspecified atom stereocenters. The molecule has 0 saturated carbocycles. The molecule has 0 aliphatic carbocycles. The maximum absolute atomic E-state index is 12.7. The highest BCUT2D eigenvalue weighted by atomic mass is 32.1. The summed E-state index contributed by atoms with van der Waals surface area (Å²) in [5.41, 5.74) is 1.77. The summed E-state index contributed by atoms with van der Waals surface area (Å²) in [4.78, 5) is 27.1. The van der Waals surface area contributed by atoms with E-state index in [0.717, 1.165) is 25.9 Å². The van der Waals surface area contributed by atoms with E-state index in [2.05, 4.69) is 10.6 Å². The molecule has 158 valence electrons. The van der Waals surface area contributed by atoms with E-state index in [-0.39, 0.29) is 16.9 Å². The number of ether oxygens (including phenoxy) is 1. The average molecular weight is 426 g/mol. The second-order valence-corrected chi connectivity index (χ2v) is 7.53. The highest BCUT2D eigenvalue weighted by Gasteiger charge is 2.17. The van der Waals surface area contributed by atoms with Crippen LogP contribution in [-0.2, 0) is 0 Å². The molecule has 0 aromatic heterocycles. The number of carbonyl (C=O) groups excluding carboxylic acids is 2. The first kappa shape index (κ1) is 21.8. The highest BCUT2D eigenvalue weighted by Crippen LogP contribution is 2.18. The molecule has 1 aliphatic rings. The maximum atomic E-state index is 12.7. The monoisotopic (exact) mass is 425 g/mol. The van der Waals surface area contributed by atoms with Crippen LogP contribution in [0.1, 0.15) is 53.3 Å². The van der Waals surface area contributed by atoms with Crippen LogP contribution in [0.5, 0.6) is 5.75 Å². The molecule has 1 fully saturated rings. The van der Waals surface area contributed by atoms with Gasteiger partial charge in [-0.25, -0.2) is 0 Å². The second-order valence-electron chi connectivity index (χ2n) is 7.12. The van der Waals surface area contributed by atoms with Gasteiger partial charge in [0, 0.05) is 24.3 Å². The van der Waals surface area contributed by atoms with E-state index in [4.69, 9.17) is 17.0 Å². The molecule has 2 aromatic carbocycles. The van der Waals surface area contributed by atoms with E-state index in [1.165, 1.54) is 12.8 Å². The summed E-state index contributed by atoms with van der Waals surface area (Å²) in [7, 11) is 0. The summed E-state index contributed by atoms with van der Waals surface area (Å²) in [6.07, 6.45) is 4.49. The van der Waals surface area contributed by atoms with Gasteiger partial charge in [-0.1, -0.05) is 25.0 Å². The molecule has 6 nitrogen and oxygen atoms in total. The van der Waals surface area contributed by atoms with Gasteiger partial charge in [-0.2, -0.15) is 0 Å². The Hall–Kier alpha value is -2.93. The van der Waals surface area contributed by atoms with Gasteiger partial charge in [0.2, 0.25) is 0 Å². The summed E-state index contributed by atoms with van der Waals surface area (Å²) in [5.74, 6) is 0.230. The molecule has 3 rings (SSSR count). The molecule has 0 spiro atoms. The number of benzene rings is 2. The molecule has 0 atom stereocenters. The van der Waals surface area contributed by atoms with Crippen LogP contribution < -0.4 is 15.4 Å². The molecule has 30 heavy (non-hydrogen) atoms. The second kappa shape index (κ2) is 10.7. The Labute approximate surface area is 182 Å². The molecule has 1 saturated heterocycles. The Balaban J connectivity index is 1.58. The number of carbonyl (C=O) groups is 2. The average Bonchev–Trinajstić information content (AvgIpc) is 3.04. The van der Waals surface area contributed by atoms with E-state index in [1.807, 2.05) is 17.9 Å². The van der Waals surface area contributed by atoms with E-state index in [9.17, 15) is 9.59 Å². The molecule has 7 heteroatoms. The number of para-hydroxylation sites is 1. The van der Waals surface area contributed by atoms with Crippen molar-refractivity contribution in [2.45, 2.75) is 32.6 Å². The minimum Gasteiger partial charge on any atom is -0.493 e. The van der Waals surface area contributed by atoms with Crippen molar-refractivity contribution >= 4 is 34.8 Å². The first-order valence-electron chi connectivity index (χ1n) is 10.3. The highest BCUT2D eigenvalue weighted by molar-refractivity contribution is 7.80. The van der Waals surface area contributed by atoms with Crippen molar-refractivity contribution in [2.24, 2.45) is 0 Å². The van der Waals surface area contributed by atoms with Crippen molar-refractivity contribution in [3.8, 4) is 5.75 Å². The molecule has 0 radical (unpaired) electrons. The summed E-state index contributed by atoms with van der Waals surface area (Å²) >= 11 is 5.26. The fourth-order valence-corrected chi connectivity index (χ4v) is 3.63. The Morgan fingerprint density at radius 1 is 1.00 bits per heavy atom. The van der Waals surface area contributed by atoms with Crippen LogP contribution in [0.15, 0.2) is 48.5 Å². The fourth-order valence-electron chi connectivity index (χ4n) is 3.42. The molecule has 2 amide bonds. The molecule has 1 aliphatic heterocycles. The summed E-state index contributed by atoms with van der Waals surface area (Å²) < 4.78 is 5.49. The molecule has 0 bridgehead atoms. The van der Waals surface area contributed by atoms with Gasteiger partial charge >= 0.3 is 0 Å². The first-order valence-corrected chi connectivity index (χ1v) is 10.7. The predicted octanol–water partition coefficient (Wildman–Crippen LogP) is 4.23. The van der Waals surface area contributed by atoms with Crippen molar-refractivity contribution in [3.05, 3.63) is 59.7 Å². The number of thiocarbonyl (C=S) groups is 1. The van der Waals surface area contributed by atoms with Crippen molar-refractivity contribution in [3.63, 3.8) is 0 Å². The number of hydrogen-bond acceptors (Lipinski definition) is 4. The van der Waals surface area contributed by atoms with Gasteiger partial charge in [-0.3, -0.25) is 14.9 Å². The number of nitrogens with one attached hydrogen (secondary N) is 2. The van der Waals surface area contributed by atoms with Gasteiger partial charge < -0.3 is 15.0 Å². The predicted molar refractivity (Wildman–Crippen MR) is 122 cm³/mol. The Morgan fingerprint density at radius 3 is 2.33 bits per heavy atom. The summed E-state index contributed by atoms with van der Waals surface area (Å²) in [5, 5.41) is 5.83. The van der Waals surface area contributed by atoms with Crippen LogP contribution in [0.25, 0.3) is 0 Å². The summed E-state index contributed by atoms with van der Waals surface area (Å²) in [6.45, 7) is 3.97. The normalized spacial score (nSPS) is 13.8. The number of anilines is 1. The Kier molecular flexibility index (Phi) is 7.79. The van der Waals surface area contributed by atoms with Crippen molar-refractivity contribution in [2.75, 3.05) is 25.0 Å². The van der Waals surface area contributed by atoms with Crippen LogP contribution in [0.3, 0.4) is 0 Å². The van der Waals surface area contributed by atoms with Crippen molar-refractivity contribution in [1.29, 1.82) is 0 Å². The first-order chi connectivity index (χ1) is 14.6. The van der Waals surface area contributed by atoms with Gasteiger partial charge in [0.15, 0.2) is 5.11 Å². The molecular formula is C23H27N3O3S. The van der Waals surface area contributed by atoms with Crippen LogP contribution in [0.4, 0.5) is 5.69 Å². The van der Waals surface area contributed by atoms with Gasteiger partial charge in [0.25, 0.3) is 11.8 Å². The lowest BCUT2D eigenvalue weighted by Crippen LogP contribution is -2.34. The topological polar surface area (TPSA) is 70.7 Å². The SMILES string of the molecule is CCOc1ccccc1C(=O)NC(=S)Nc1ccc(C(=O)N2CCCCCC2)cc1. The van der Waals surface area contributed by atoms with E-state index >= 15 is 0 Å². The third-order valence-corrected chi connectivity index (χ3v) is 5.15. The minimum absolute atomic E-state index is 0.0619. The lowest BCUT2D eigenvalue weighted by molar-refractivity contribution is 0.0761. The number of likely N-dealkylation sites (tertiary alicyclic amines) is 1. The van der Waals surface area contributed by atoms with Crippen LogP contribution in [0, 0.1) is 0 Å². The maximum Gasteiger partial charge on any atom is 0.261 e. The number of nitrogens with zero attached hydrogens (tertiary/aromatic N) is 1. The zero-order valence-corrected chi connectivity index (χ0v) is 18.0. The minimum atomic E-state index is -0.343. The van der Waals surface area contributed by atoms with Gasteiger partial charge in [-0.15, -0.1) is 0 Å². The third-order valence-electron chi connectivity index (χ3n) is 4.94. The number of rotatable bonds is 5. The quantitative estimate of drug-likeness (QED) is 0.702. The number of amides is 2. The zero-order chi connectivity index (χ0) is 21.3. The van der Waals surface area contributed by atoms with E-state index < -0.39 is 0 Å². The molecular weight excluding hydrogens is 398 g/mol. The Morgan fingerprint density at radius 2 is 1.67 bits per heavy atom. The lowest BCUT2D eigenvalue weighted by atomic mass is 10.1. The lowest BCUT2D eigenvalue weighted by Gasteiger charge is -2.20. The fraction of sp³-hybridized carbons (Fsp3) is 0.348. The Bertz CT molecular complexity index is 891.